The lowest BCUT2D eigenvalue weighted by Gasteiger charge is -2.11. The van der Waals surface area contributed by atoms with Gasteiger partial charge >= 0.3 is 0 Å². The molecule has 2 rings (SSSR count). The Morgan fingerprint density at radius 1 is 1.14 bits per heavy atom. The second-order valence-electron chi connectivity index (χ2n) is 4.66. The quantitative estimate of drug-likeness (QED) is 0.844. The first-order valence-electron chi connectivity index (χ1n) is 6.35. The number of anilines is 1. The molecule has 0 aliphatic rings. The summed E-state index contributed by atoms with van der Waals surface area (Å²) in [7, 11) is -2.99. The van der Waals surface area contributed by atoms with Crippen LogP contribution in [0.2, 0.25) is 0 Å². The van der Waals surface area contributed by atoms with Crippen molar-refractivity contribution in [1.29, 1.82) is 0 Å². The summed E-state index contributed by atoms with van der Waals surface area (Å²) in [5.74, 6) is -0.214. The van der Waals surface area contributed by atoms with E-state index in [-0.39, 0.29) is 16.6 Å². The first kappa shape index (κ1) is 16.0. The molecule has 22 heavy (non-hydrogen) atoms. The van der Waals surface area contributed by atoms with E-state index < -0.39 is 10.1 Å². The summed E-state index contributed by atoms with van der Waals surface area (Å²) in [6.45, 7) is 1.92. The molecular weight excluding hydrogens is 306 g/mol. The van der Waals surface area contributed by atoms with E-state index in [2.05, 4.69) is 5.32 Å². The van der Waals surface area contributed by atoms with Crippen LogP contribution in [0.4, 0.5) is 5.69 Å². The summed E-state index contributed by atoms with van der Waals surface area (Å²) in [5.41, 5.74) is 1.80. The Morgan fingerprint density at radius 3 is 2.32 bits per heavy atom. The van der Waals surface area contributed by atoms with E-state index in [1.807, 2.05) is 19.1 Å². The van der Waals surface area contributed by atoms with Gasteiger partial charge in [0.2, 0.25) is 0 Å². The number of carbonyl (C=O) groups is 1. The number of methoxy groups -OCH3 is 1. The Hall–Kier alpha value is -2.38. The van der Waals surface area contributed by atoms with Crippen molar-refractivity contribution in [3.63, 3.8) is 0 Å². The van der Waals surface area contributed by atoms with Crippen LogP contribution in [0.15, 0.2) is 47.4 Å². The normalized spacial score (nSPS) is 11.0. The Labute approximate surface area is 128 Å². The van der Waals surface area contributed by atoms with Crippen LogP contribution in [0.3, 0.4) is 0 Å². The summed E-state index contributed by atoms with van der Waals surface area (Å²) >= 11 is 0. The molecule has 2 N–H and O–H groups in total. The highest BCUT2D eigenvalue weighted by Gasteiger charge is 2.15. The van der Waals surface area contributed by atoms with Gasteiger partial charge in [-0.2, -0.15) is 8.42 Å². The summed E-state index contributed by atoms with van der Waals surface area (Å²) in [6, 6.07) is 10.7. The molecule has 2 aromatic carbocycles. The fourth-order valence-electron chi connectivity index (χ4n) is 1.83. The molecule has 0 atom stereocenters. The highest BCUT2D eigenvalue weighted by Crippen LogP contribution is 2.28. The third-order valence-electron chi connectivity index (χ3n) is 3.03. The van der Waals surface area contributed by atoms with Gasteiger partial charge in [-0.15, -0.1) is 0 Å². The van der Waals surface area contributed by atoms with Crippen molar-refractivity contribution in [1.82, 2.24) is 0 Å². The molecule has 0 radical (unpaired) electrons. The molecule has 0 aromatic heterocycles. The summed E-state index contributed by atoms with van der Waals surface area (Å²) in [6.07, 6.45) is 0. The first-order chi connectivity index (χ1) is 10.3. The minimum Gasteiger partial charge on any atom is -0.495 e. The van der Waals surface area contributed by atoms with Gasteiger partial charge in [-0.1, -0.05) is 17.7 Å². The van der Waals surface area contributed by atoms with Gasteiger partial charge < -0.3 is 10.1 Å². The van der Waals surface area contributed by atoms with Crippen LogP contribution in [0.5, 0.6) is 5.75 Å². The van der Waals surface area contributed by atoms with Crippen LogP contribution in [0, 0.1) is 6.92 Å². The number of amides is 1. The summed E-state index contributed by atoms with van der Waals surface area (Å²) < 4.78 is 36.3. The zero-order chi connectivity index (χ0) is 16.3. The van der Waals surface area contributed by atoms with E-state index in [1.165, 1.54) is 19.2 Å². The molecule has 0 fully saturated rings. The number of hydrogen-bond donors (Lipinski definition) is 2. The number of carbonyl (C=O) groups excluding carboxylic acids is 1. The smallest absolute Gasteiger partial charge is 0.294 e. The predicted octanol–water partition coefficient (Wildman–Crippen LogP) is 2.50. The Morgan fingerprint density at radius 2 is 1.77 bits per heavy atom. The van der Waals surface area contributed by atoms with Crippen molar-refractivity contribution in [2.24, 2.45) is 0 Å². The van der Waals surface area contributed by atoms with Crippen LogP contribution >= 0.6 is 0 Å². The molecule has 116 valence electrons. The molecule has 0 heterocycles. The molecule has 7 heteroatoms. The maximum absolute atomic E-state index is 12.1. The fraction of sp³-hybridized carbons (Fsp3) is 0.133. The molecule has 2 aromatic rings. The number of hydrogen-bond acceptors (Lipinski definition) is 4. The third-order valence-corrected chi connectivity index (χ3v) is 3.88. The van der Waals surface area contributed by atoms with Crippen molar-refractivity contribution < 1.29 is 22.5 Å². The average Bonchev–Trinajstić information content (AvgIpc) is 2.47. The second kappa shape index (κ2) is 6.17. The molecule has 0 unspecified atom stereocenters. The van der Waals surface area contributed by atoms with E-state index in [1.54, 1.807) is 12.1 Å². The van der Waals surface area contributed by atoms with Gasteiger partial charge in [-0.3, -0.25) is 9.35 Å². The highest BCUT2D eigenvalue weighted by atomic mass is 32.2. The van der Waals surface area contributed by atoms with Crippen molar-refractivity contribution in [3.8, 4) is 5.75 Å². The lowest BCUT2D eigenvalue weighted by atomic mass is 10.1. The molecule has 0 spiro atoms. The molecule has 0 saturated heterocycles. The number of aryl methyl sites for hydroxylation is 1. The van der Waals surface area contributed by atoms with Crippen LogP contribution in [0.1, 0.15) is 15.9 Å². The Bertz CT molecular complexity index is 797. The standard InChI is InChI=1S/C15H15NO5S/c1-10-3-5-11(6-4-10)15(17)16-13-8-7-12(22(18,19)20)9-14(13)21-2/h3-9H,1-2H3,(H,16,17)(H,18,19,20). The Kier molecular flexibility index (Phi) is 4.48. The van der Waals surface area contributed by atoms with Gasteiger partial charge in [0.15, 0.2) is 0 Å². The second-order valence-corrected chi connectivity index (χ2v) is 6.08. The average molecular weight is 321 g/mol. The maximum atomic E-state index is 12.1. The molecule has 0 aliphatic heterocycles. The zero-order valence-corrected chi connectivity index (χ0v) is 12.8. The summed E-state index contributed by atoms with van der Waals surface area (Å²) in [4.78, 5) is 11.8. The van der Waals surface area contributed by atoms with E-state index in [4.69, 9.17) is 9.29 Å². The van der Waals surface area contributed by atoms with Gasteiger partial charge in [-0.25, -0.2) is 0 Å². The van der Waals surface area contributed by atoms with Crippen LogP contribution < -0.4 is 10.1 Å². The topological polar surface area (TPSA) is 92.7 Å². The molecule has 0 aliphatic carbocycles. The van der Waals surface area contributed by atoms with E-state index in [0.29, 0.717) is 11.3 Å². The van der Waals surface area contributed by atoms with Crippen molar-refractivity contribution in [3.05, 3.63) is 53.6 Å². The minimum atomic E-state index is -4.33. The number of benzene rings is 2. The number of ether oxygens (including phenoxy) is 1. The number of rotatable bonds is 4. The molecule has 6 nitrogen and oxygen atoms in total. The van der Waals surface area contributed by atoms with E-state index in [9.17, 15) is 13.2 Å². The zero-order valence-electron chi connectivity index (χ0n) is 12.0. The van der Waals surface area contributed by atoms with Gasteiger partial charge in [-0.05, 0) is 31.2 Å². The van der Waals surface area contributed by atoms with Crippen molar-refractivity contribution in [2.45, 2.75) is 11.8 Å². The van der Waals surface area contributed by atoms with Crippen LogP contribution in [-0.4, -0.2) is 26.0 Å². The predicted molar refractivity (Wildman–Crippen MR) is 81.9 cm³/mol. The maximum Gasteiger partial charge on any atom is 0.294 e. The van der Waals surface area contributed by atoms with Gasteiger partial charge in [0.25, 0.3) is 16.0 Å². The lowest BCUT2D eigenvalue weighted by Crippen LogP contribution is -2.13. The Balaban J connectivity index is 2.29. The van der Waals surface area contributed by atoms with Gasteiger partial charge in [0, 0.05) is 11.6 Å². The first-order valence-corrected chi connectivity index (χ1v) is 7.79. The third kappa shape index (κ3) is 3.63. The molecule has 0 bridgehead atoms. The van der Waals surface area contributed by atoms with Gasteiger partial charge in [0.1, 0.15) is 5.75 Å². The lowest BCUT2D eigenvalue weighted by molar-refractivity contribution is 0.102. The van der Waals surface area contributed by atoms with Gasteiger partial charge in [0.05, 0.1) is 17.7 Å². The van der Waals surface area contributed by atoms with Crippen LogP contribution in [-0.2, 0) is 10.1 Å². The van der Waals surface area contributed by atoms with Crippen molar-refractivity contribution in [2.75, 3.05) is 12.4 Å². The highest BCUT2D eigenvalue weighted by molar-refractivity contribution is 7.85. The number of nitrogens with one attached hydrogen (secondary N) is 1. The SMILES string of the molecule is COc1cc(S(=O)(=O)O)ccc1NC(=O)c1ccc(C)cc1. The molecule has 0 saturated carbocycles. The summed E-state index contributed by atoms with van der Waals surface area (Å²) in [5, 5.41) is 2.64. The fourth-order valence-corrected chi connectivity index (χ4v) is 2.33. The van der Waals surface area contributed by atoms with Crippen molar-refractivity contribution >= 4 is 21.7 Å². The van der Waals surface area contributed by atoms with Crippen LogP contribution in [0.25, 0.3) is 0 Å². The van der Waals surface area contributed by atoms with E-state index >= 15 is 0 Å². The minimum absolute atomic E-state index is 0.135. The van der Waals surface area contributed by atoms with E-state index in [0.717, 1.165) is 11.6 Å². The monoisotopic (exact) mass is 321 g/mol. The molecule has 1 amide bonds. The molecular formula is C15H15NO5S. The largest absolute Gasteiger partial charge is 0.495 e.